The number of fused-ring (bicyclic) bond motifs is 1. The molecular formula is C15H16F2N4O2. The molecular weight excluding hydrogens is 306 g/mol. The maximum absolute atomic E-state index is 13.1. The molecule has 1 unspecified atom stereocenters. The molecule has 6 nitrogen and oxygen atoms in total. The van der Waals surface area contributed by atoms with Crippen molar-refractivity contribution >= 4 is 6.09 Å². The number of rotatable bonds is 3. The van der Waals surface area contributed by atoms with Crippen LogP contribution in [0.15, 0.2) is 24.3 Å². The molecule has 1 aromatic heterocycles. The third-order valence-corrected chi connectivity index (χ3v) is 4.12. The van der Waals surface area contributed by atoms with Gasteiger partial charge in [0.05, 0.1) is 18.8 Å². The summed E-state index contributed by atoms with van der Waals surface area (Å²) in [4.78, 5) is 12.5. The van der Waals surface area contributed by atoms with Gasteiger partial charge in [0.1, 0.15) is 5.69 Å². The van der Waals surface area contributed by atoms with E-state index in [1.54, 1.807) is 22.9 Å². The number of hydrogen-bond donors (Lipinski definition) is 1. The zero-order valence-electron chi connectivity index (χ0n) is 12.5. The number of hydrogen-bond acceptors (Lipinski definition) is 3. The molecule has 2 heterocycles. The molecule has 0 spiro atoms. The molecule has 23 heavy (non-hydrogen) atoms. The molecule has 0 fully saturated rings. The van der Waals surface area contributed by atoms with Crippen LogP contribution in [0.2, 0.25) is 0 Å². The molecule has 0 saturated carbocycles. The van der Waals surface area contributed by atoms with Crippen molar-refractivity contribution in [2.45, 2.75) is 38.9 Å². The second kappa shape index (κ2) is 5.94. The first-order valence-electron chi connectivity index (χ1n) is 7.24. The lowest BCUT2D eigenvalue weighted by Gasteiger charge is -2.30. The van der Waals surface area contributed by atoms with Crippen LogP contribution in [0.5, 0.6) is 0 Å². The normalized spacial score (nSPS) is 17.4. The Morgan fingerprint density at radius 3 is 2.87 bits per heavy atom. The van der Waals surface area contributed by atoms with Gasteiger partial charge in [0, 0.05) is 18.0 Å². The summed E-state index contributed by atoms with van der Waals surface area (Å²) in [7, 11) is 0. The van der Waals surface area contributed by atoms with Crippen LogP contribution in [0.4, 0.5) is 13.6 Å². The van der Waals surface area contributed by atoms with E-state index in [0.717, 1.165) is 5.69 Å². The average molecular weight is 322 g/mol. The summed E-state index contributed by atoms with van der Waals surface area (Å²) < 4.78 is 27.7. The number of carboxylic acid groups (broad SMARTS) is 1. The highest BCUT2D eigenvalue weighted by molar-refractivity contribution is 5.65. The van der Waals surface area contributed by atoms with Crippen molar-refractivity contribution in [3.63, 3.8) is 0 Å². The van der Waals surface area contributed by atoms with Crippen molar-refractivity contribution in [1.82, 2.24) is 19.9 Å². The third-order valence-electron chi connectivity index (χ3n) is 4.12. The summed E-state index contributed by atoms with van der Waals surface area (Å²) in [5.41, 5.74) is 1.86. The fourth-order valence-electron chi connectivity index (χ4n) is 2.86. The third kappa shape index (κ3) is 2.88. The Labute approximate surface area is 131 Å². The maximum atomic E-state index is 13.1. The van der Waals surface area contributed by atoms with Crippen LogP contribution in [0.25, 0.3) is 0 Å². The predicted molar refractivity (Wildman–Crippen MR) is 77.3 cm³/mol. The first kappa shape index (κ1) is 15.4. The fraction of sp³-hybridized carbons (Fsp3) is 0.400. The van der Waals surface area contributed by atoms with Gasteiger partial charge < -0.3 is 5.11 Å². The molecule has 2 aromatic rings. The first-order valence-corrected chi connectivity index (χ1v) is 7.24. The van der Waals surface area contributed by atoms with E-state index < -0.39 is 12.5 Å². The Morgan fingerprint density at radius 2 is 2.17 bits per heavy atom. The molecule has 0 bridgehead atoms. The zero-order valence-corrected chi connectivity index (χ0v) is 12.5. The van der Waals surface area contributed by atoms with Crippen LogP contribution in [0.3, 0.4) is 0 Å². The lowest BCUT2D eigenvalue weighted by atomic mass is 10.0. The minimum Gasteiger partial charge on any atom is -0.465 e. The average Bonchev–Trinajstić information content (AvgIpc) is 2.88. The minimum absolute atomic E-state index is 0.0206. The lowest BCUT2D eigenvalue weighted by molar-refractivity contribution is 0.118. The van der Waals surface area contributed by atoms with Crippen molar-refractivity contribution in [2.24, 2.45) is 0 Å². The molecule has 0 saturated heterocycles. The maximum Gasteiger partial charge on any atom is 0.407 e. The van der Waals surface area contributed by atoms with Gasteiger partial charge in [0.15, 0.2) is 0 Å². The van der Waals surface area contributed by atoms with Gasteiger partial charge in [-0.25, -0.2) is 18.3 Å². The van der Waals surface area contributed by atoms with Gasteiger partial charge in [0.2, 0.25) is 0 Å². The molecule has 1 aliphatic rings. The number of benzene rings is 1. The highest BCUT2D eigenvalue weighted by Crippen LogP contribution is 2.26. The standard InChI is InChI=1S/C15H16F2N4O2/c1-9-6-13-12(8-20(9)15(22)23)18-19-21(13)7-10-4-2-3-5-11(10)14(16)17/h2-5,9,14H,6-8H2,1H3,(H,22,23). The lowest BCUT2D eigenvalue weighted by Crippen LogP contribution is -2.42. The monoisotopic (exact) mass is 322 g/mol. The van der Waals surface area contributed by atoms with E-state index in [-0.39, 0.29) is 24.7 Å². The summed E-state index contributed by atoms with van der Waals surface area (Å²) in [5, 5.41) is 17.2. The van der Waals surface area contributed by atoms with Gasteiger partial charge in [-0.05, 0) is 12.5 Å². The second-order valence-electron chi connectivity index (χ2n) is 5.60. The Hall–Kier alpha value is -2.51. The summed E-state index contributed by atoms with van der Waals surface area (Å²) in [6, 6.07) is 6.12. The van der Waals surface area contributed by atoms with Gasteiger partial charge in [-0.2, -0.15) is 0 Å². The minimum atomic E-state index is -2.55. The second-order valence-corrected chi connectivity index (χ2v) is 5.60. The van der Waals surface area contributed by atoms with Gasteiger partial charge in [-0.3, -0.25) is 4.90 Å². The van der Waals surface area contributed by atoms with E-state index in [4.69, 9.17) is 5.11 Å². The van der Waals surface area contributed by atoms with Crippen molar-refractivity contribution in [3.05, 3.63) is 46.8 Å². The van der Waals surface area contributed by atoms with E-state index in [0.29, 0.717) is 17.7 Å². The number of amides is 1. The van der Waals surface area contributed by atoms with Crippen LogP contribution >= 0.6 is 0 Å². The SMILES string of the molecule is CC1Cc2c(nnn2Cc2ccccc2C(F)F)CN1C(=O)O. The van der Waals surface area contributed by atoms with Gasteiger partial charge in [-0.1, -0.05) is 29.5 Å². The van der Waals surface area contributed by atoms with E-state index in [1.807, 2.05) is 6.92 Å². The number of carbonyl (C=O) groups is 1. The molecule has 1 atom stereocenters. The van der Waals surface area contributed by atoms with E-state index >= 15 is 0 Å². The van der Waals surface area contributed by atoms with E-state index in [9.17, 15) is 13.6 Å². The molecule has 0 radical (unpaired) electrons. The van der Waals surface area contributed by atoms with Crippen LogP contribution in [-0.4, -0.2) is 37.1 Å². The van der Waals surface area contributed by atoms with Gasteiger partial charge in [0.25, 0.3) is 6.43 Å². The Kier molecular flexibility index (Phi) is 3.97. The summed E-state index contributed by atoms with van der Waals surface area (Å²) in [6.07, 6.45) is -3.08. The van der Waals surface area contributed by atoms with Crippen LogP contribution in [-0.2, 0) is 19.5 Å². The molecule has 1 amide bonds. The summed E-state index contributed by atoms with van der Waals surface area (Å²) >= 11 is 0. The summed E-state index contributed by atoms with van der Waals surface area (Å²) in [6.45, 7) is 2.17. The van der Waals surface area contributed by atoms with Crippen molar-refractivity contribution in [2.75, 3.05) is 0 Å². The van der Waals surface area contributed by atoms with Crippen LogP contribution in [0.1, 0.15) is 35.9 Å². The Balaban J connectivity index is 1.89. The van der Waals surface area contributed by atoms with E-state index in [1.165, 1.54) is 11.0 Å². The molecule has 1 aliphatic heterocycles. The largest absolute Gasteiger partial charge is 0.465 e. The highest BCUT2D eigenvalue weighted by atomic mass is 19.3. The smallest absolute Gasteiger partial charge is 0.407 e. The van der Waals surface area contributed by atoms with Gasteiger partial charge in [-0.15, -0.1) is 5.10 Å². The van der Waals surface area contributed by atoms with Gasteiger partial charge >= 0.3 is 6.09 Å². The Morgan fingerprint density at radius 1 is 1.43 bits per heavy atom. The molecule has 0 aliphatic carbocycles. The van der Waals surface area contributed by atoms with Crippen molar-refractivity contribution in [3.8, 4) is 0 Å². The topological polar surface area (TPSA) is 71.2 Å². The zero-order chi connectivity index (χ0) is 16.6. The molecule has 3 rings (SSSR count). The fourth-order valence-corrected chi connectivity index (χ4v) is 2.86. The van der Waals surface area contributed by atoms with Crippen LogP contribution in [0, 0.1) is 0 Å². The summed E-state index contributed by atoms with van der Waals surface area (Å²) in [5.74, 6) is 0. The molecule has 1 N–H and O–H groups in total. The molecule has 1 aromatic carbocycles. The molecule has 122 valence electrons. The van der Waals surface area contributed by atoms with Crippen LogP contribution < -0.4 is 0 Å². The highest BCUT2D eigenvalue weighted by Gasteiger charge is 2.30. The van der Waals surface area contributed by atoms with Crippen molar-refractivity contribution in [1.29, 1.82) is 0 Å². The number of nitrogens with zero attached hydrogens (tertiary/aromatic N) is 4. The van der Waals surface area contributed by atoms with Crippen molar-refractivity contribution < 1.29 is 18.7 Å². The first-order chi connectivity index (χ1) is 11.0. The quantitative estimate of drug-likeness (QED) is 0.943. The molecule has 8 heteroatoms. The van der Waals surface area contributed by atoms with E-state index in [2.05, 4.69) is 10.3 Å². The Bertz CT molecular complexity index is 732. The number of aromatic nitrogens is 3. The number of halogens is 2. The predicted octanol–water partition coefficient (Wildman–Crippen LogP) is 2.69. The number of alkyl halides is 2.